The maximum absolute atomic E-state index is 12.6. The van der Waals surface area contributed by atoms with E-state index in [4.69, 9.17) is 4.74 Å². The van der Waals surface area contributed by atoms with Gasteiger partial charge >= 0.3 is 5.97 Å². The van der Waals surface area contributed by atoms with Crippen LogP contribution >= 0.6 is 0 Å². The number of carbonyl (C=O) groups excluding carboxylic acids is 1. The van der Waals surface area contributed by atoms with Crippen LogP contribution < -0.4 is 10.1 Å². The van der Waals surface area contributed by atoms with E-state index in [1.165, 1.54) is 0 Å². The topological polar surface area (TPSA) is 75.6 Å². The first kappa shape index (κ1) is 16.1. The second-order valence-electron chi connectivity index (χ2n) is 5.93. The van der Waals surface area contributed by atoms with E-state index in [1.807, 2.05) is 55.5 Å². The Morgan fingerprint density at radius 1 is 1.21 bits per heavy atom. The number of fused-ring (bicyclic) bond motifs is 1. The minimum atomic E-state index is -0.959. The number of amides is 1. The van der Waals surface area contributed by atoms with Crippen molar-refractivity contribution in [2.75, 3.05) is 0 Å². The van der Waals surface area contributed by atoms with Crippen molar-refractivity contribution in [3.8, 4) is 5.75 Å². The quantitative estimate of drug-likeness (QED) is 0.886. The van der Waals surface area contributed by atoms with Gasteiger partial charge in [0, 0.05) is 6.42 Å². The Bertz CT molecular complexity index is 746. The first-order valence-electron chi connectivity index (χ1n) is 7.87. The number of aliphatic carboxylic acids is 1. The molecule has 0 saturated carbocycles. The summed E-state index contributed by atoms with van der Waals surface area (Å²) in [6, 6.07) is 14.4. The average Bonchev–Trinajstić information content (AvgIpc) is 2.98. The number of carboxylic acids is 1. The third-order valence-electron chi connectivity index (χ3n) is 4.20. The molecule has 0 bridgehead atoms. The minimum absolute atomic E-state index is 0.170. The summed E-state index contributed by atoms with van der Waals surface area (Å²) in [5.74, 6) is -0.539. The smallest absolute Gasteiger partial charge is 0.305 e. The molecule has 1 amide bonds. The summed E-state index contributed by atoms with van der Waals surface area (Å²) < 4.78 is 5.68. The van der Waals surface area contributed by atoms with Crippen molar-refractivity contribution < 1.29 is 19.4 Å². The molecule has 2 aromatic carbocycles. The maximum atomic E-state index is 12.6. The highest BCUT2D eigenvalue weighted by molar-refractivity contribution is 5.83. The lowest BCUT2D eigenvalue weighted by Gasteiger charge is -2.21. The molecule has 2 N–H and O–H groups in total. The number of carbonyl (C=O) groups is 2. The Hall–Kier alpha value is -2.82. The Morgan fingerprint density at radius 3 is 2.62 bits per heavy atom. The summed E-state index contributed by atoms with van der Waals surface area (Å²) >= 11 is 0. The monoisotopic (exact) mass is 325 g/mol. The van der Waals surface area contributed by atoms with Crippen molar-refractivity contribution >= 4 is 11.9 Å². The third kappa shape index (κ3) is 3.40. The molecule has 0 unspecified atom stereocenters. The molecule has 1 heterocycles. The lowest BCUT2D eigenvalue weighted by atomic mass is 9.98. The number of nitrogens with one attached hydrogen (secondary N) is 1. The molecule has 5 nitrogen and oxygen atoms in total. The standard InChI is InChI=1S/C19H19NO4/c1-12-6-2-4-8-14(12)15(11-18(21)22)20-19(23)17-10-13-7-3-5-9-16(13)24-17/h2-9,15,17H,10-11H2,1H3,(H,20,23)(H,21,22)/t15-,17+/m0/s1. The zero-order valence-corrected chi connectivity index (χ0v) is 13.4. The molecule has 0 saturated heterocycles. The summed E-state index contributed by atoms with van der Waals surface area (Å²) in [5.41, 5.74) is 2.74. The molecule has 0 fully saturated rings. The van der Waals surface area contributed by atoms with E-state index in [9.17, 15) is 14.7 Å². The number of carboxylic acid groups (broad SMARTS) is 1. The van der Waals surface area contributed by atoms with E-state index in [1.54, 1.807) is 0 Å². The van der Waals surface area contributed by atoms with Crippen LogP contribution in [0, 0.1) is 6.92 Å². The SMILES string of the molecule is Cc1ccccc1[C@H](CC(=O)O)NC(=O)[C@H]1Cc2ccccc2O1. The number of benzene rings is 2. The Morgan fingerprint density at radius 2 is 1.92 bits per heavy atom. The van der Waals surface area contributed by atoms with Gasteiger partial charge in [0.15, 0.2) is 6.10 Å². The predicted octanol–water partition coefficient (Wildman–Crippen LogP) is 2.63. The lowest BCUT2D eigenvalue weighted by Crippen LogP contribution is -2.40. The Kier molecular flexibility index (Phi) is 4.51. The zero-order valence-electron chi connectivity index (χ0n) is 13.4. The van der Waals surface area contributed by atoms with E-state index in [0.717, 1.165) is 16.7 Å². The highest BCUT2D eigenvalue weighted by Gasteiger charge is 2.31. The van der Waals surface area contributed by atoms with Gasteiger partial charge in [-0.25, -0.2) is 0 Å². The Balaban J connectivity index is 1.75. The van der Waals surface area contributed by atoms with Gasteiger partial charge in [-0.2, -0.15) is 0 Å². The average molecular weight is 325 g/mol. The van der Waals surface area contributed by atoms with Crippen molar-refractivity contribution in [3.63, 3.8) is 0 Å². The number of hydrogen-bond acceptors (Lipinski definition) is 3. The number of para-hydroxylation sites is 1. The molecular weight excluding hydrogens is 306 g/mol. The van der Waals surface area contributed by atoms with Gasteiger partial charge in [0.1, 0.15) is 5.75 Å². The molecule has 1 aliphatic rings. The molecule has 5 heteroatoms. The van der Waals surface area contributed by atoms with Crippen LogP contribution in [0.3, 0.4) is 0 Å². The summed E-state index contributed by atoms with van der Waals surface area (Å²) in [6.45, 7) is 1.90. The molecule has 3 rings (SSSR count). The van der Waals surface area contributed by atoms with Crippen molar-refractivity contribution in [3.05, 3.63) is 65.2 Å². The molecule has 124 valence electrons. The molecule has 0 spiro atoms. The molecule has 24 heavy (non-hydrogen) atoms. The molecule has 2 aromatic rings. The van der Waals surface area contributed by atoms with Crippen LogP contribution in [-0.2, 0) is 16.0 Å². The van der Waals surface area contributed by atoms with E-state index in [0.29, 0.717) is 12.2 Å². The molecule has 2 atom stereocenters. The molecule has 0 aromatic heterocycles. The fraction of sp³-hybridized carbons (Fsp3) is 0.263. The van der Waals surface area contributed by atoms with Crippen LogP contribution in [0.5, 0.6) is 5.75 Å². The molecule has 0 aliphatic carbocycles. The number of rotatable bonds is 5. The predicted molar refractivity (Wildman–Crippen MR) is 88.9 cm³/mol. The van der Waals surface area contributed by atoms with Crippen LogP contribution in [0.2, 0.25) is 0 Å². The van der Waals surface area contributed by atoms with Crippen molar-refractivity contribution in [2.24, 2.45) is 0 Å². The van der Waals surface area contributed by atoms with Crippen molar-refractivity contribution in [1.29, 1.82) is 0 Å². The van der Waals surface area contributed by atoms with Crippen LogP contribution in [0.1, 0.15) is 29.2 Å². The molecular formula is C19H19NO4. The van der Waals surface area contributed by atoms with Crippen molar-refractivity contribution in [2.45, 2.75) is 31.9 Å². The second kappa shape index (κ2) is 6.74. The number of aryl methyl sites for hydroxylation is 1. The fourth-order valence-corrected chi connectivity index (χ4v) is 2.98. The van der Waals surface area contributed by atoms with Gasteiger partial charge in [0.25, 0.3) is 5.91 Å². The number of hydrogen-bond donors (Lipinski definition) is 2. The minimum Gasteiger partial charge on any atom is -0.481 e. The van der Waals surface area contributed by atoms with E-state index < -0.39 is 18.1 Å². The van der Waals surface area contributed by atoms with Crippen LogP contribution in [0.4, 0.5) is 0 Å². The first-order valence-corrected chi connectivity index (χ1v) is 7.87. The van der Waals surface area contributed by atoms with Gasteiger partial charge in [-0.3, -0.25) is 9.59 Å². The summed E-state index contributed by atoms with van der Waals surface area (Å²) in [6.07, 6.45) is -0.297. The van der Waals surface area contributed by atoms with E-state index >= 15 is 0 Å². The van der Waals surface area contributed by atoms with Crippen LogP contribution in [0.15, 0.2) is 48.5 Å². The number of ether oxygens (including phenoxy) is 1. The van der Waals surface area contributed by atoms with Crippen molar-refractivity contribution in [1.82, 2.24) is 5.32 Å². The summed E-state index contributed by atoms with van der Waals surface area (Å²) in [5, 5.41) is 12.0. The fourth-order valence-electron chi connectivity index (χ4n) is 2.98. The molecule has 0 radical (unpaired) electrons. The van der Waals surface area contributed by atoms with Gasteiger partial charge < -0.3 is 15.2 Å². The van der Waals surface area contributed by atoms with E-state index in [2.05, 4.69) is 5.32 Å². The highest BCUT2D eigenvalue weighted by atomic mass is 16.5. The first-order chi connectivity index (χ1) is 11.5. The maximum Gasteiger partial charge on any atom is 0.305 e. The van der Waals surface area contributed by atoms with E-state index in [-0.39, 0.29) is 12.3 Å². The van der Waals surface area contributed by atoms with Gasteiger partial charge in [0.2, 0.25) is 0 Å². The second-order valence-corrected chi connectivity index (χ2v) is 5.93. The van der Waals surface area contributed by atoms with Gasteiger partial charge in [-0.15, -0.1) is 0 Å². The van der Waals surface area contributed by atoms with Crippen LogP contribution in [-0.4, -0.2) is 23.1 Å². The van der Waals surface area contributed by atoms with Gasteiger partial charge in [-0.05, 0) is 29.7 Å². The van der Waals surface area contributed by atoms with Crippen LogP contribution in [0.25, 0.3) is 0 Å². The van der Waals surface area contributed by atoms with Gasteiger partial charge in [0.05, 0.1) is 12.5 Å². The third-order valence-corrected chi connectivity index (χ3v) is 4.20. The summed E-state index contributed by atoms with van der Waals surface area (Å²) in [7, 11) is 0. The normalized spacial score (nSPS) is 16.8. The highest BCUT2D eigenvalue weighted by Crippen LogP contribution is 2.29. The largest absolute Gasteiger partial charge is 0.481 e. The lowest BCUT2D eigenvalue weighted by molar-refractivity contribution is -0.138. The van der Waals surface area contributed by atoms with Gasteiger partial charge in [-0.1, -0.05) is 42.5 Å². The zero-order chi connectivity index (χ0) is 17.1. The molecule has 1 aliphatic heterocycles. The summed E-state index contributed by atoms with van der Waals surface area (Å²) in [4.78, 5) is 23.8. The Labute approximate surface area is 140 Å².